The Balaban J connectivity index is 2.95. The van der Waals surface area contributed by atoms with Crippen LogP contribution in [-0.4, -0.2) is 39.7 Å². The Bertz CT molecular complexity index is 575. The van der Waals surface area contributed by atoms with Crippen LogP contribution in [0.3, 0.4) is 0 Å². The fourth-order valence-electron chi connectivity index (χ4n) is 1.40. The first-order valence-corrected chi connectivity index (χ1v) is 7.13. The van der Waals surface area contributed by atoms with Crippen molar-refractivity contribution >= 4 is 10.0 Å². The van der Waals surface area contributed by atoms with Gasteiger partial charge in [0, 0.05) is 31.1 Å². The second-order valence-electron chi connectivity index (χ2n) is 3.89. The highest BCUT2D eigenvalue weighted by Gasteiger charge is 2.17. The third kappa shape index (κ3) is 4.96. The highest BCUT2D eigenvalue weighted by atomic mass is 32.2. The smallest absolute Gasteiger partial charge is 0.242 e. The number of hydrogen-bond donors (Lipinski definition) is 2. The summed E-state index contributed by atoms with van der Waals surface area (Å²) in [6.45, 7) is 2.21. The van der Waals surface area contributed by atoms with E-state index < -0.39 is 10.0 Å². The number of sulfonamides is 1. The van der Waals surface area contributed by atoms with E-state index in [2.05, 4.69) is 21.5 Å². The summed E-state index contributed by atoms with van der Waals surface area (Å²) >= 11 is 0. The standard InChI is InChI=1S/C12H17N3O3S/c1-10(9-18-2)15-19(16,17)12-6-11(4-3-5-13)7-14-8-12/h6-8,10,15H,5,9,13H2,1-2H3. The average Bonchev–Trinajstić information content (AvgIpc) is 2.36. The van der Waals surface area contributed by atoms with E-state index in [-0.39, 0.29) is 17.5 Å². The van der Waals surface area contributed by atoms with Crippen molar-refractivity contribution in [1.82, 2.24) is 9.71 Å². The van der Waals surface area contributed by atoms with Crippen LogP contribution in [0.4, 0.5) is 0 Å². The van der Waals surface area contributed by atoms with E-state index in [1.807, 2.05) is 0 Å². The molecule has 0 saturated carbocycles. The van der Waals surface area contributed by atoms with E-state index in [1.54, 1.807) is 6.92 Å². The minimum Gasteiger partial charge on any atom is -0.383 e. The molecule has 3 N–H and O–H groups in total. The van der Waals surface area contributed by atoms with E-state index in [4.69, 9.17) is 10.5 Å². The normalized spacial score (nSPS) is 12.6. The molecule has 0 aliphatic heterocycles. The van der Waals surface area contributed by atoms with Crippen molar-refractivity contribution in [3.63, 3.8) is 0 Å². The zero-order valence-corrected chi connectivity index (χ0v) is 11.7. The summed E-state index contributed by atoms with van der Waals surface area (Å²) < 4.78 is 31.5. The van der Waals surface area contributed by atoms with Gasteiger partial charge in [-0.15, -0.1) is 0 Å². The van der Waals surface area contributed by atoms with Crippen molar-refractivity contribution in [2.75, 3.05) is 20.3 Å². The van der Waals surface area contributed by atoms with Crippen LogP contribution in [0.2, 0.25) is 0 Å². The lowest BCUT2D eigenvalue weighted by Crippen LogP contribution is -2.35. The van der Waals surface area contributed by atoms with Crippen molar-refractivity contribution in [2.45, 2.75) is 17.9 Å². The topological polar surface area (TPSA) is 94.3 Å². The molecule has 1 atom stereocenters. The molecule has 19 heavy (non-hydrogen) atoms. The Morgan fingerprint density at radius 2 is 2.26 bits per heavy atom. The van der Waals surface area contributed by atoms with Crippen LogP contribution in [0.15, 0.2) is 23.4 Å². The summed E-state index contributed by atoms with van der Waals surface area (Å²) in [5, 5.41) is 0. The summed E-state index contributed by atoms with van der Waals surface area (Å²) in [5.74, 6) is 5.39. The van der Waals surface area contributed by atoms with E-state index >= 15 is 0 Å². The molecule has 1 rings (SSSR count). The van der Waals surface area contributed by atoms with Crippen LogP contribution in [0.1, 0.15) is 12.5 Å². The molecule has 0 saturated heterocycles. The van der Waals surface area contributed by atoms with Crippen LogP contribution in [0.25, 0.3) is 0 Å². The van der Waals surface area contributed by atoms with Gasteiger partial charge in [0.2, 0.25) is 10.0 Å². The van der Waals surface area contributed by atoms with E-state index in [1.165, 1.54) is 25.6 Å². The molecular weight excluding hydrogens is 266 g/mol. The molecule has 1 aromatic heterocycles. The van der Waals surface area contributed by atoms with Gasteiger partial charge in [-0.2, -0.15) is 0 Å². The van der Waals surface area contributed by atoms with E-state index in [0.717, 1.165) is 0 Å². The first-order valence-electron chi connectivity index (χ1n) is 5.65. The molecule has 1 heterocycles. The maximum Gasteiger partial charge on any atom is 0.242 e. The number of pyridine rings is 1. The van der Waals surface area contributed by atoms with E-state index in [9.17, 15) is 8.42 Å². The maximum atomic E-state index is 12.1. The van der Waals surface area contributed by atoms with Crippen molar-refractivity contribution in [3.05, 3.63) is 24.0 Å². The lowest BCUT2D eigenvalue weighted by molar-refractivity contribution is 0.180. The Labute approximate surface area is 113 Å². The summed E-state index contributed by atoms with van der Waals surface area (Å²) in [6.07, 6.45) is 2.76. The first kappa shape index (κ1) is 15.6. The molecule has 0 bridgehead atoms. The van der Waals surface area contributed by atoms with Gasteiger partial charge in [0.1, 0.15) is 4.90 Å². The predicted molar refractivity (Wildman–Crippen MR) is 71.8 cm³/mol. The molecule has 0 aliphatic rings. The number of nitrogens with one attached hydrogen (secondary N) is 1. The zero-order chi connectivity index (χ0) is 14.3. The van der Waals surface area contributed by atoms with Crippen LogP contribution < -0.4 is 10.5 Å². The van der Waals surface area contributed by atoms with Gasteiger partial charge in [0.25, 0.3) is 0 Å². The highest BCUT2D eigenvalue weighted by molar-refractivity contribution is 7.89. The van der Waals surface area contributed by atoms with Crippen LogP contribution >= 0.6 is 0 Å². The van der Waals surface area contributed by atoms with Crippen molar-refractivity contribution in [1.29, 1.82) is 0 Å². The number of methoxy groups -OCH3 is 1. The molecule has 0 radical (unpaired) electrons. The molecular formula is C12H17N3O3S. The van der Waals surface area contributed by atoms with Gasteiger partial charge in [-0.25, -0.2) is 13.1 Å². The highest BCUT2D eigenvalue weighted by Crippen LogP contribution is 2.09. The number of ether oxygens (including phenoxy) is 1. The number of aromatic nitrogens is 1. The van der Waals surface area contributed by atoms with Gasteiger partial charge in [-0.3, -0.25) is 4.98 Å². The number of rotatable bonds is 5. The summed E-state index contributed by atoms with van der Waals surface area (Å²) in [6, 6.07) is 1.13. The Hall–Kier alpha value is -1.46. The molecule has 0 aliphatic carbocycles. The average molecular weight is 283 g/mol. The molecule has 7 heteroatoms. The maximum absolute atomic E-state index is 12.1. The monoisotopic (exact) mass is 283 g/mol. The molecule has 0 fully saturated rings. The molecule has 1 unspecified atom stereocenters. The van der Waals surface area contributed by atoms with E-state index in [0.29, 0.717) is 12.2 Å². The van der Waals surface area contributed by atoms with Gasteiger partial charge >= 0.3 is 0 Å². The molecule has 0 amide bonds. The largest absolute Gasteiger partial charge is 0.383 e. The second-order valence-corrected chi connectivity index (χ2v) is 5.61. The second kappa shape index (κ2) is 7.21. The Kier molecular flexibility index (Phi) is 5.92. The fourth-order valence-corrected chi connectivity index (χ4v) is 2.62. The van der Waals surface area contributed by atoms with Crippen LogP contribution in [0.5, 0.6) is 0 Å². The molecule has 0 spiro atoms. The van der Waals surface area contributed by atoms with Crippen molar-refractivity contribution < 1.29 is 13.2 Å². The minimum atomic E-state index is -3.62. The number of hydrogen-bond acceptors (Lipinski definition) is 5. The summed E-state index contributed by atoms with van der Waals surface area (Å²) in [5.41, 5.74) is 5.77. The molecule has 0 aromatic carbocycles. The Morgan fingerprint density at radius 3 is 2.89 bits per heavy atom. The van der Waals surface area contributed by atoms with Gasteiger partial charge in [0.15, 0.2) is 0 Å². The van der Waals surface area contributed by atoms with Crippen LogP contribution in [0, 0.1) is 11.8 Å². The molecule has 1 aromatic rings. The summed E-state index contributed by atoms with van der Waals surface area (Å²) in [7, 11) is -2.11. The van der Waals surface area contributed by atoms with Gasteiger partial charge in [-0.1, -0.05) is 11.8 Å². The minimum absolute atomic E-state index is 0.0688. The van der Waals surface area contributed by atoms with Gasteiger partial charge in [0.05, 0.1) is 13.2 Å². The lowest BCUT2D eigenvalue weighted by Gasteiger charge is -2.13. The SMILES string of the molecule is COCC(C)NS(=O)(=O)c1cncc(C#CCN)c1. The quantitative estimate of drug-likeness (QED) is 0.724. The third-order valence-corrected chi connectivity index (χ3v) is 3.69. The fraction of sp³-hybridized carbons (Fsp3) is 0.417. The predicted octanol–water partition coefficient (Wildman–Crippen LogP) is -0.295. The van der Waals surface area contributed by atoms with Gasteiger partial charge < -0.3 is 10.5 Å². The van der Waals surface area contributed by atoms with Crippen molar-refractivity contribution in [3.8, 4) is 11.8 Å². The number of nitrogens with two attached hydrogens (primary N) is 1. The van der Waals surface area contributed by atoms with Crippen molar-refractivity contribution in [2.24, 2.45) is 5.73 Å². The summed E-state index contributed by atoms with van der Waals surface area (Å²) in [4.78, 5) is 3.93. The first-order chi connectivity index (χ1) is 8.99. The Morgan fingerprint density at radius 1 is 1.53 bits per heavy atom. The lowest BCUT2D eigenvalue weighted by atomic mass is 10.3. The van der Waals surface area contributed by atoms with Crippen LogP contribution in [-0.2, 0) is 14.8 Å². The van der Waals surface area contributed by atoms with Gasteiger partial charge in [-0.05, 0) is 13.0 Å². The molecule has 104 valence electrons. The zero-order valence-electron chi connectivity index (χ0n) is 10.9. The molecule has 6 nitrogen and oxygen atoms in total. The third-order valence-electron chi connectivity index (χ3n) is 2.13. The number of nitrogens with zero attached hydrogens (tertiary/aromatic N) is 1.